The number of rotatable bonds is 10. The van der Waals surface area contributed by atoms with E-state index in [0.29, 0.717) is 19.0 Å². The highest BCUT2D eigenvalue weighted by atomic mass is 79.9. The maximum Gasteiger partial charge on any atom is 0.240 e. The van der Waals surface area contributed by atoms with Crippen molar-refractivity contribution in [2.45, 2.75) is 44.3 Å². The summed E-state index contributed by atoms with van der Waals surface area (Å²) in [5, 5.41) is 0. The van der Waals surface area contributed by atoms with Crippen molar-refractivity contribution in [1.29, 1.82) is 0 Å². The van der Waals surface area contributed by atoms with Gasteiger partial charge in [0.1, 0.15) is 0 Å². The molecule has 0 aliphatic heterocycles. The van der Waals surface area contributed by atoms with Gasteiger partial charge in [-0.15, -0.1) is 0 Å². The molecule has 0 saturated carbocycles. The smallest absolute Gasteiger partial charge is 0.240 e. The number of hydrogen-bond donors (Lipinski definition) is 1. The maximum atomic E-state index is 13.2. The van der Waals surface area contributed by atoms with Gasteiger partial charge < -0.3 is 4.90 Å². The van der Waals surface area contributed by atoms with Crippen molar-refractivity contribution in [1.82, 2.24) is 4.72 Å². The van der Waals surface area contributed by atoms with Gasteiger partial charge in [-0.1, -0.05) is 100 Å². The zero-order chi connectivity index (χ0) is 26.4. The molecule has 0 saturated heterocycles. The van der Waals surface area contributed by atoms with Gasteiger partial charge in [-0.2, -0.15) is 0 Å². The summed E-state index contributed by atoms with van der Waals surface area (Å²) < 4.78 is 31.0. The van der Waals surface area contributed by atoms with Gasteiger partial charge in [-0.3, -0.25) is 0 Å². The number of benzene rings is 4. The van der Waals surface area contributed by atoms with Crippen LogP contribution in [-0.2, 0) is 29.7 Å². The average molecular weight is 642 g/mol. The first-order valence-corrected chi connectivity index (χ1v) is 15.2. The van der Waals surface area contributed by atoms with Crippen LogP contribution in [0.3, 0.4) is 0 Å². The maximum absolute atomic E-state index is 13.2. The second kappa shape index (κ2) is 12.4. The van der Waals surface area contributed by atoms with E-state index in [2.05, 4.69) is 91.7 Å². The summed E-state index contributed by atoms with van der Waals surface area (Å²) in [6, 6.07) is 31.6. The lowest BCUT2D eigenvalue weighted by atomic mass is 10.0. The third kappa shape index (κ3) is 7.77. The van der Waals surface area contributed by atoms with Crippen molar-refractivity contribution in [2.75, 3.05) is 4.90 Å². The molecule has 0 unspecified atom stereocenters. The summed E-state index contributed by atoms with van der Waals surface area (Å²) in [5.74, 6) is 0.471. The molecule has 4 aromatic carbocycles. The molecule has 0 aliphatic carbocycles. The summed E-state index contributed by atoms with van der Waals surface area (Å²) in [4.78, 5) is 2.45. The van der Waals surface area contributed by atoms with Gasteiger partial charge in [0.05, 0.1) is 4.90 Å². The molecule has 0 heterocycles. The number of hydrogen-bond acceptors (Lipinski definition) is 3. The fourth-order valence-corrected chi connectivity index (χ4v) is 6.03. The standard InChI is InChI=1S/C30H30Br2N2O2S/c1-22(2)26-14-12-23(13-15-26)20-34(21-25-7-4-9-28(32)17-25)29-10-5-11-30(18-29)37(35,36)33-19-24-6-3-8-27(31)16-24/h3-18,22,33H,19-21H2,1-2H3. The minimum absolute atomic E-state index is 0.218. The van der Waals surface area contributed by atoms with E-state index < -0.39 is 10.0 Å². The Labute approximate surface area is 237 Å². The average Bonchev–Trinajstić information content (AvgIpc) is 2.88. The van der Waals surface area contributed by atoms with Crippen LogP contribution in [0, 0.1) is 0 Å². The van der Waals surface area contributed by atoms with Crippen LogP contribution in [0.2, 0.25) is 0 Å². The number of anilines is 1. The van der Waals surface area contributed by atoms with E-state index in [1.807, 2.05) is 42.5 Å². The minimum atomic E-state index is -3.69. The lowest BCUT2D eigenvalue weighted by molar-refractivity contribution is 0.581. The molecule has 7 heteroatoms. The zero-order valence-electron chi connectivity index (χ0n) is 20.9. The highest BCUT2D eigenvalue weighted by molar-refractivity contribution is 9.10. The lowest BCUT2D eigenvalue weighted by Gasteiger charge is -2.26. The molecular formula is C30H30Br2N2O2S. The fraction of sp³-hybridized carbons (Fsp3) is 0.200. The summed E-state index contributed by atoms with van der Waals surface area (Å²) in [7, 11) is -3.69. The van der Waals surface area contributed by atoms with Crippen molar-refractivity contribution in [2.24, 2.45) is 0 Å². The van der Waals surface area contributed by atoms with Crippen molar-refractivity contribution >= 4 is 47.6 Å². The van der Waals surface area contributed by atoms with Crippen LogP contribution in [0.5, 0.6) is 0 Å². The first-order chi connectivity index (χ1) is 17.7. The third-order valence-electron chi connectivity index (χ3n) is 6.13. The second-order valence-electron chi connectivity index (χ2n) is 9.33. The highest BCUT2D eigenvalue weighted by Crippen LogP contribution is 2.25. The zero-order valence-corrected chi connectivity index (χ0v) is 24.9. The quantitative estimate of drug-likeness (QED) is 0.191. The van der Waals surface area contributed by atoms with E-state index in [1.54, 1.807) is 18.2 Å². The predicted octanol–water partition coefficient (Wildman–Crippen LogP) is 8.02. The van der Waals surface area contributed by atoms with Gasteiger partial charge >= 0.3 is 0 Å². The van der Waals surface area contributed by atoms with Crippen molar-refractivity contribution in [3.63, 3.8) is 0 Å². The van der Waals surface area contributed by atoms with Gasteiger partial charge in [-0.25, -0.2) is 13.1 Å². The Balaban J connectivity index is 1.61. The van der Waals surface area contributed by atoms with Crippen LogP contribution in [0.1, 0.15) is 42.0 Å². The van der Waals surface area contributed by atoms with Gasteiger partial charge in [0, 0.05) is 34.3 Å². The summed E-state index contributed by atoms with van der Waals surface area (Å²) in [5.41, 5.74) is 5.33. The Bertz CT molecular complexity index is 1450. The van der Waals surface area contributed by atoms with Crippen LogP contribution in [-0.4, -0.2) is 8.42 Å². The topological polar surface area (TPSA) is 49.4 Å². The number of nitrogens with zero attached hydrogens (tertiary/aromatic N) is 1. The van der Waals surface area contributed by atoms with Gasteiger partial charge in [0.25, 0.3) is 0 Å². The van der Waals surface area contributed by atoms with Crippen molar-refractivity contribution in [3.8, 4) is 0 Å². The molecule has 0 amide bonds. The summed E-state index contributed by atoms with van der Waals surface area (Å²) in [6.45, 7) is 5.88. The summed E-state index contributed by atoms with van der Waals surface area (Å²) >= 11 is 7.00. The molecule has 0 spiro atoms. The normalized spacial score (nSPS) is 11.6. The Morgan fingerprint density at radius 2 is 1.32 bits per heavy atom. The van der Waals surface area contributed by atoms with Crippen LogP contribution in [0.4, 0.5) is 5.69 Å². The van der Waals surface area contributed by atoms with Gasteiger partial charge in [0.2, 0.25) is 10.0 Å². The molecule has 1 N–H and O–H groups in total. The van der Waals surface area contributed by atoms with Crippen molar-refractivity contribution in [3.05, 3.63) is 128 Å². The molecule has 4 rings (SSSR count). The van der Waals surface area contributed by atoms with Crippen LogP contribution in [0.25, 0.3) is 0 Å². The van der Waals surface area contributed by atoms with E-state index in [-0.39, 0.29) is 11.4 Å². The molecule has 37 heavy (non-hydrogen) atoms. The fourth-order valence-electron chi connectivity index (χ4n) is 4.08. The van der Waals surface area contributed by atoms with E-state index in [0.717, 1.165) is 25.8 Å². The number of sulfonamides is 1. The van der Waals surface area contributed by atoms with E-state index in [1.165, 1.54) is 11.1 Å². The predicted molar refractivity (Wildman–Crippen MR) is 159 cm³/mol. The van der Waals surface area contributed by atoms with Crippen molar-refractivity contribution < 1.29 is 8.42 Å². The molecule has 0 radical (unpaired) electrons. The molecule has 192 valence electrons. The number of halogens is 2. The van der Waals surface area contributed by atoms with Gasteiger partial charge in [-0.05, 0) is 70.6 Å². The van der Waals surface area contributed by atoms with Crippen LogP contribution in [0.15, 0.2) is 111 Å². The van der Waals surface area contributed by atoms with Crippen LogP contribution >= 0.6 is 31.9 Å². The lowest BCUT2D eigenvalue weighted by Crippen LogP contribution is -2.25. The third-order valence-corrected chi connectivity index (χ3v) is 8.52. The molecule has 0 aromatic heterocycles. The molecule has 0 atom stereocenters. The SMILES string of the molecule is CC(C)c1ccc(CN(Cc2cccc(Br)c2)c2cccc(S(=O)(=O)NCc3cccc(Br)c3)c2)cc1. The van der Waals surface area contributed by atoms with Gasteiger partial charge in [0.15, 0.2) is 0 Å². The Hall–Kier alpha value is -2.45. The van der Waals surface area contributed by atoms with Crippen LogP contribution < -0.4 is 9.62 Å². The Kier molecular flexibility index (Phi) is 9.24. The van der Waals surface area contributed by atoms with E-state index in [9.17, 15) is 8.42 Å². The largest absolute Gasteiger partial charge is 0.363 e. The molecule has 0 aliphatic rings. The Morgan fingerprint density at radius 1 is 0.730 bits per heavy atom. The van der Waals surface area contributed by atoms with E-state index in [4.69, 9.17) is 0 Å². The highest BCUT2D eigenvalue weighted by Gasteiger charge is 2.17. The molecule has 4 nitrogen and oxygen atoms in total. The Morgan fingerprint density at radius 3 is 1.97 bits per heavy atom. The monoisotopic (exact) mass is 640 g/mol. The molecule has 0 fully saturated rings. The van der Waals surface area contributed by atoms with E-state index >= 15 is 0 Å². The molecule has 0 bridgehead atoms. The number of nitrogens with one attached hydrogen (secondary N) is 1. The molecule has 4 aromatic rings. The molecular weight excluding hydrogens is 612 g/mol. The second-order valence-corrected chi connectivity index (χ2v) is 12.9. The first-order valence-electron chi connectivity index (χ1n) is 12.1. The minimum Gasteiger partial charge on any atom is -0.363 e. The first kappa shape index (κ1) is 27.6. The summed E-state index contributed by atoms with van der Waals surface area (Å²) in [6.07, 6.45) is 0.